The van der Waals surface area contributed by atoms with E-state index in [-0.39, 0.29) is 19.2 Å². The molecule has 0 fully saturated rings. The molecule has 21 heavy (non-hydrogen) atoms. The fourth-order valence-electron chi connectivity index (χ4n) is 1.71. The summed E-state index contributed by atoms with van der Waals surface area (Å²) in [4.78, 5) is 12.4. The summed E-state index contributed by atoms with van der Waals surface area (Å²) in [5, 5.41) is 8.77. The van der Waals surface area contributed by atoms with E-state index in [9.17, 15) is 18.0 Å². The second-order valence-electron chi connectivity index (χ2n) is 4.83. The minimum absolute atomic E-state index is 0.0392. The molecule has 0 unspecified atom stereocenters. The van der Waals surface area contributed by atoms with Crippen molar-refractivity contribution in [3.63, 3.8) is 0 Å². The Hall–Kier alpha value is -1.76. The first-order valence-corrected chi connectivity index (χ1v) is 6.46. The molecule has 7 heteroatoms. The molecule has 0 aliphatic heterocycles. The largest absolute Gasteiger partial charge is 0.492 e. The van der Waals surface area contributed by atoms with Gasteiger partial charge in [0.1, 0.15) is 12.4 Å². The molecule has 0 aliphatic carbocycles. The Bertz CT molecular complexity index is 458. The van der Waals surface area contributed by atoms with Crippen LogP contribution in [-0.2, 0) is 11.0 Å². The number of rotatable bonds is 7. The number of carboxylic acids is 1. The molecule has 1 N–H and O–H groups in total. The van der Waals surface area contributed by atoms with Crippen molar-refractivity contribution < 1.29 is 27.8 Å². The molecule has 0 bridgehead atoms. The molecule has 0 saturated heterocycles. The van der Waals surface area contributed by atoms with E-state index < -0.39 is 17.7 Å². The molecule has 118 valence electrons. The zero-order chi connectivity index (χ0) is 16.0. The third kappa shape index (κ3) is 6.03. The first kappa shape index (κ1) is 17.3. The Morgan fingerprint density at radius 3 is 2.29 bits per heavy atom. The van der Waals surface area contributed by atoms with Crippen LogP contribution < -0.4 is 4.74 Å². The van der Waals surface area contributed by atoms with Crippen LogP contribution in [0.5, 0.6) is 5.75 Å². The predicted octanol–water partition coefficient (Wildman–Crippen LogP) is 2.88. The van der Waals surface area contributed by atoms with Gasteiger partial charge in [-0.3, -0.25) is 9.69 Å². The Balaban J connectivity index is 2.49. The van der Waals surface area contributed by atoms with Crippen molar-refractivity contribution in [2.75, 3.05) is 19.7 Å². The lowest BCUT2D eigenvalue weighted by atomic mass is 10.2. The van der Waals surface area contributed by atoms with E-state index >= 15 is 0 Å². The van der Waals surface area contributed by atoms with Crippen molar-refractivity contribution in [2.45, 2.75) is 26.1 Å². The summed E-state index contributed by atoms with van der Waals surface area (Å²) in [5.74, 6) is -0.611. The summed E-state index contributed by atoms with van der Waals surface area (Å²) in [5.41, 5.74) is -0.732. The van der Waals surface area contributed by atoms with E-state index in [2.05, 4.69) is 0 Å². The third-order valence-electron chi connectivity index (χ3n) is 2.90. The summed E-state index contributed by atoms with van der Waals surface area (Å²) >= 11 is 0. The number of hydrogen-bond acceptors (Lipinski definition) is 3. The summed E-state index contributed by atoms with van der Waals surface area (Å²) in [6.07, 6.45) is -4.37. The molecule has 0 aliphatic rings. The maximum atomic E-state index is 12.4. The van der Waals surface area contributed by atoms with Gasteiger partial charge < -0.3 is 9.84 Å². The number of carboxylic acid groups (broad SMARTS) is 1. The van der Waals surface area contributed by atoms with Crippen LogP contribution in [0.3, 0.4) is 0 Å². The van der Waals surface area contributed by atoms with Crippen molar-refractivity contribution in [1.29, 1.82) is 0 Å². The summed E-state index contributed by atoms with van der Waals surface area (Å²) in [6, 6.07) is 4.44. The van der Waals surface area contributed by atoms with Crippen LogP contribution in [0.25, 0.3) is 0 Å². The predicted molar refractivity (Wildman–Crippen MR) is 71.3 cm³/mol. The fourth-order valence-corrected chi connectivity index (χ4v) is 1.71. The summed E-state index contributed by atoms with van der Waals surface area (Å²) in [7, 11) is 0. The third-order valence-corrected chi connectivity index (χ3v) is 2.90. The molecule has 0 spiro atoms. The molecule has 1 aromatic carbocycles. The first-order chi connectivity index (χ1) is 9.70. The van der Waals surface area contributed by atoms with E-state index in [1.54, 1.807) is 4.90 Å². The van der Waals surface area contributed by atoms with Crippen molar-refractivity contribution >= 4 is 5.97 Å². The lowest BCUT2D eigenvalue weighted by Crippen LogP contribution is -2.38. The van der Waals surface area contributed by atoms with Gasteiger partial charge in [-0.05, 0) is 38.1 Å². The van der Waals surface area contributed by atoms with Gasteiger partial charge in [0, 0.05) is 12.6 Å². The highest BCUT2D eigenvalue weighted by Gasteiger charge is 2.30. The average molecular weight is 305 g/mol. The minimum atomic E-state index is -4.37. The van der Waals surface area contributed by atoms with Gasteiger partial charge in [-0.25, -0.2) is 0 Å². The second-order valence-corrected chi connectivity index (χ2v) is 4.83. The normalized spacial score (nSPS) is 12.0. The lowest BCUT2D eigenvalue weighted by Gasteiger charge is -2.24. The molecule has 0 atom stereocenters. The average Bonchev–Trinajstić information content (AvgIpc) is 2.36. The Morgan fingerprint density at radius 1 is 1.29 bits per heavy atom. The zero-order valence-corrected chi connectivity index (χ0v) is 11.9. The number of aliphatic carboxylic acids is 1. The number of hydrogen-bond donors (Lipinski definition) is 1. The highest BCUT2D eigenvalue weighted by Crippen LogP contribution is 2.30. The number of carbonyl (C=O) groups is 1. The van der Waals surface area contributed by atoms with Crippen LogP contribution in [0.2, 0.25) is 0 Å². The minimum Gasteiger partial charge on any atom is -0.492 e. The molecule has 0 amide bonds. The van der Waals surface area contributed by atoms with Gasteiger partial charge in [0.15, 0.2) is 0 Å². The topological polar surface area (TPSA) is 49.8 Å². The summed E-state index contributed by atoms with van der Waals surface area (Å²) < 4.78 is 42.5. The molecule has 0 aromatic heterocycles. The van der Waals surface area contributed by atoms with Crippen molar-refractivity contribution in [2.24, 2.45) is 0 Å². The molecular formula is C14H18F3NO3. The van der Waals surface area contributed by atoms with Crippen LogP contribution in [0.15, 0.2) is 24.3 Å². The van der Waals surface area contributed by atoms with Crippen molar-refractivity contribution in [3.05, 3.63) is 29.8 Å². The van der Waals surface area contributed by atoms with Gasteiger partial charge in [0.2, 0.25) is 0 Å². The SMILES string of the molecule is CC(C)N(CCOc1ccc(C(F)(F)F)cc1)CC(=O)O. The van der Waals surface area contributed by atoms with E-state index in [1.165, 1.54) is 12.1 Å². The molecule has 0 radical (unpaired) electrons. The Kier molecular flexibility index (Phi) is 6.02. The van der Waals surface area contributed by atoms with E-state index in [0.29, 0.717) is 12.3 Å². The van der Waals surface area contributed by atoms with E-state index in [1.807, 2.05) is 13.8 Å². The highest BCUT2D eigenvalue weighted by molar-refractivity contribution is 5.69. The first-order valence-electron chi connectivity index (χ1n) is 6.46. The monoisotopic (exact) mass is 305 g/mol. The van der Waals surface area contributed by atoms with Crippen LogP contribution in [0, 0.1) is 0 Å². The smallest absolute Gasteiger partial charge is 0.416 e. The quantitative estimate of drug-likeness (QED) is 0.841. The molecule has 1 aromatic rings. The summed E-state index contributed by atoms with van der Waals surface area (Å²) in [6.45, 7) is 4.21. The molecule has 0 heterocycles. The number of alkyl halides is 3. The van der Waals surface area contributed by atoms with Crippen LogP contribution in [0.4, 0.5) is 13.2 Å². The molecule has 0 saturated carbocycles. The number of nitrogens with zero attached hydrogens (tertiary/aromatic N) is 1. The van der Waals surface area contributed by atoms with Gasteiger partial charge in [-0.15, -0.1) is 0 Å². The molecule has 4 nitrogen and oxygen atoms in total. The maximum absolute atomic E-state index is 12.4. The van der Waals surface area contributed by atoms with Gasteiger partial charge in [0.05, 0.1) is 12.1 Å². The highest BCUT2D eigenvalue weighted by atomic mass is 19.4. The van der Waals surface area contributed by atoms with Gasteiger partial charge >= 0.3 is 12.1 Å². The zero-order valence-electron chi connectivity index (χ0n) is 11.9. The standard InChI is InChI=1S/C14H18F3NO3/c1-10(2)18(9-13(19)20)7-8-21-12-5-3-11(4-6-12)14(15,16)17/h3-6,10H,7-9H2,1-2H3,(H,19,20). The number of ether oxygens (including phenoxy) is 1. The van der Waals surface area contributed by atoms with Crippen LogP contribution >= 0.6 is 0 Å². The molecular weight excluding hydrogens is 287 g/mol. The number of benzene rings is 1. The van der Waals surface area contributed by atoms with E-state index in [4.69, 9.17) is 9.84 Å². The van der Waals surface area contributed by atoms with Gasteiger partial charge in [-0.2, -0.15) is 13.2 Å². The maximum Gasteiger partial charge on any atom is 0.416 e. The lowest BCUT2D eigenvalue weighted by molar-refractivity contribution is -0.139. The Morgan fingerprint density at radius 2 is 1.86 bits per heavy atom. The van der Waals surface area contributed by atoms with Crippen molar-refractivity contribution in [3.8, 4) is 5.75 Å². The van der Waals surface area contributed by atoms with Gasteiger partial charge in [0.25, 0.3) is 0 Å². The van der Waals surface area contributed by atoms with Gasteiger partial charge in [-0.1, -0.05) is 0 Å². The van der Waals surface area contributed by atoms with Crippen molar-refractivity contribution in [1.82, 2.24) is 4.90 Å². The van der Waals surface area contributed by atoms with Crippen LogP contribution in [-0.4, -0.2) is 41.7 Å². The van der Waals surface area contributed by atoms with Crippen LogP contribution in [0.1, 0.15) is 19.4 Å². The number of halogens is 3. The molecule has 1 rings (SSSR count). The fraction of sp³-hybridized carbons (Fsp3) is 0.500. The van der Waals surface area contributed by atoms with E-state index in [0.717, 1.165) is 12.1 Å². The second kappa shape index (κ2) is 7.31. The Labute approximate surface area is 121 Å².